The third kappa shape index (κ3) is 2.13. The van der Waals surface area contributed by atoms with Crippen LogP contribution in [0, 0.1) is 0 Å². The fourth-order valence-corrected chi connectivity index (χ4v) is 3.51. The van der Waals surface area contributed by atoms with Crippen LogP contribution in [-0.4, -0.2) is 20.9 Å². The summed E-state index contributed by atoms with van der Waals surface area (Å²) in [7, 11) is 0. The van der Waals surface area contributed by atoms with Crippen molar-refractivity contribution in [2.45, 2.75) is 26.2 Å². The van der Waals surface area contributed by atoms with Crippen molar-refractivity contribution in [3.8, 4) is 11.3 Å². The Morgan fingerprint density at radius 2 is 2.25 bits per heavy atom. The van der Waals surface area contributed by atoms with Gasteiger partial charge in [0.25, 0.3) is 0 Å². The van der Waals surface area contributed by atoms with Crippen molar-refractivity contribution in [1.29, 1.82) is 0 Å². The first-order valence-corrected chi connectivity index (χ1v) is 7.69. The Balaban J connectivity index is 2.25. The summed E-state index contributed by atoms with van der Waals surface area (Å²) in [6.45, 7) is 5.03. The van der Waals surface area contributed by atoms with Crippen LogP contribution < -0.4 is 5.73 Å². The van der Waals surface area contributed by atoms with Crippen molar-refractivity contribution in [1.82, 2.24) is 14.4 Å². The highest BCUT2D eigenvalue weighted by molar-refractivity contribution is 7.15. The van der Waals surface area contributed by atoms with Crippen molar-refractivity contribution in [2.24, 2.45) is 5.73 Å². The van der Waals surface area contributed by atoms with Crippen LogP contribution in [0.2, 0.25) is 0 Å². The van der Waals surface area contributed by atoms with Gasteiger partial charge in [0.2, 0.25) is 0 Å². The predicted molar refractivity (Wildman–Crippen MR) is 83.1 cm³/mol. The molecule has 2 N–H and O–H groups in total. The molecule has 3 aromatic heterocycles. The third-order valence-electron chi connectivity index (χ3n) is 3.39. The second kappa shape index (κ2) is 5.34. The molecule has 0 aromatic carbocycles. The molecule has 0 saturated carbocycles. The topological polar surface area (TPSA) is 56.2 Å². The molecule has 0 aliphatic heterocycles. The number of nitrogens with two attached hydrogens (primary N) is 1. The van der Waals surface area contributed by atoms with Crippen LogP contribution in [0.3, 0.4) is 0 Å². The van der Waals surface area contributed by atoms with Gasteiger partial charge in [0.05, 0.1) is 11.4 Å². The van der Waals surface area contributed by atoms with E-state index in [9.17, 15) is 0 Å². The molecule has 0 bridgehead atoms. The van der Waals surface area contributed by atoms with Crippen LogP contribution in [0.4, 0.5) is 0 Å². The molecule has 20 heavy (non-hydrogen) atoms. The molecule has 0 atom stereocenters. The normalized spacial score (nSPS) is 11.6. The molecule has 3 rings (SSSR count). The highest BCUT2D eigenvalue weighted by atomic mass is 32.1. The number of rotatable bonds is 4. The van der Waals surface area contributed by atoms with Gasteiger partial charge in [-0.05, 0) is 24.6 Å². The van der Waals surface area contributed by atoms with Gasteiger partial charge in [0, 0.05) is 35.5 Å². The average Bonchev–Trinajstić information content (AvgIpc) is 3.00. The SMILES string of the molecule is CC(C)c1csc2nc(-c3cccnc3)c(CCN)n12. The summed E-state index contributed by atoms with van der Waals surface area (Å²) in [5, 5.41) is 2.19. The van der Waals surface area contributed by atoms with Crippen molar-refractivity contribution < 1.29 is 0 Å². The lowest BCUT2D eigenvalue weighted by Crippen LogP contribution is -2.08. The van der Waals surface area contributed by atoms with Gasteiger partial charge in [-0.2, -0.15) is 0 Å². The lowest BCUT2D eigenvalue weighted by molar-refractivity contribution is 0.786. The van der Waals surface area contributed by atoms with Crippen molar-refractivity contribution in [3.63, 3.8) is 0 Å². The number of hydrogen-bond acceptors (Lipinski definition) is 4. The maximum atomic E-state index is 5.80. The first-order chi connectivity index (χ1) is 9.72. The molecular weight excluding hydrogens is 268 g/mol. The number of pyridine rings is 1. The van der Waals surface area contributed by atoms with E-state index in [1.807, 2.05) is 12.3 Å². The number of aromatic nitrogens is 3. The van der Waals surface area contributed by atoms with Crippen molar-refractivity contribution >= 4 is 16.3 Å². The molecule has 3 heterocycles. The largest absolute Gasteiger partial charge is 0.330 e. The van der Waals surface area contributed by atoms with Gasteiger partial charge in [-0.25, -0.2) is 4.98 Å². The van der Waals surface area contributed by atoms with E-state index in [1.165, 1.54) is 11.4 Å². The summed E-state index contributed by atoms with van der Waals surface area (Å²) >= 11 is 1.69. The second-order valence-electron chi connectivity index (χ2n) is 5.12. The maximum absolute atomic E-state index is 5.80. The Morgan fingerprint density at radius 3 is 2.90 bits per heavy atom. The lowest BCUT2D eigenvalue weighted by Gasteiger charge is -2.08. The minimum Gasteiger partial charge on any atom is -0.330 e. The average molecular weight is 286 g/mol. The van der Waals surface area contributed by atoms with Gasteiger partial charge in [-0.1, -0.05) is 13.8 Å². The standard InChI is InChI=1S/C15H18N4S/c1-10(2)13-9-20-15-18-14(11-4-3-7-17-8-11)12(5-6-16)19(13)15/h3-4,7-10H,5-6,16H2,1-2H3. The third-order valence-corrected chi connectivity index (χ3v) is 4.24. The zero-order chi connectivity index (χ0) is 14.1. The van der Waals surface area contributed by atoms with Gasteiger partial charge in [-0.15, -0.1) is 11.3 Å². The highest BCUT2D eigenvalue weighted by Gasteiger charge is 2.18. The Morgan fingerprint density at radius 1 is 1.40 bits per heavy atom. The zero-order valence-electron chi connectivity index (χ0n) is 11.7. The zero-order valence-corrected chi connectivity index (χ0v) is 12.5. The van der Waals surface area contributed by atoms with Crippen LogP contribution >= 0.6 is 11.3 Å². The fraction of sp³-hybridized carbons (Fsp3) is 0.333. The van der Waals surface area contributed by atoms with E-state index in [0.29, 0.717) is 12.5 Å². The van der Waals surface area contributed by atoms with Crippen LogP contribution in [0.25, 0.3) is 16.2 Å². The van der Waals surface area contributed by atoms with E-state index >= 15 is 0 Å². The number of fused-ring (bicyclic) bond motifs is 1. The number of nitrogens with zero attached hydrogens (tertiary/aromatic N) is 3. The first kappa shape index (κ1) is 13.3. The molecular formula is C15H18N4S. The van der Waals surface area contributed by atoms with Gasteiger partial charge < -0.3 is 5.73 Å². The number of thiazole rings is 1. The van der Waals surface area contributed by atoms with E-state index in [0.717, 1.165) is 22.6 Å². The van der Waals surface area contributed by atoms with Gasteiger partial charge >= 0.3 is 0 Å². The minimum absolute atomic E-state index is 0.469. The molecule has 0 aliphatic rings. The van der Waals surface area contributed by atoms with E-state index in [4.69, 9.17) is 10.7 Å². The van der Waals surface area contributed by atoms with Crippen LogP contribution in [0.15, 0.2) is 29.9 Å². The summed E-state index contributed by atoms with van der Waals surface area (Å²) in [5.74, 6) is 0.469. The van der Waals surface area contributed by atoms with E-state index in [2.05, 4.69) is 34.7 Å². The summed E-state index contributed by atoms with van der Waals surface area (Å²) < 4.78 is 2.27. The van der Waals surface area contributed by atoms with Crippen LogP contribution in [0.1, 0.15) is 31.2 Å². The lowest BCUT2D eigenvalue weighted by atomic mass is 10.1. The predicted octanol–water partition coefficient (Wildman–Crippen LogP) is 3.08. The van der Waals surface area contributed by atoms with Gasteiger partial charge in [0.15, 0.2) is 4.96 Å². The van der Waals surface area contributed by atoms with Crippen LogP contribution in [0.5, 0.6) is 0 Å². The van der Waals surface area contributed by atoms with E-state index in [1.54, 1.807) is 17.5 Å². The van der Waals surface area contributed by atoms with E-state index in [-0.39, 0.29) is 0 Å². The molecule has 3 aromatic rings. The monoisotopic (exact) mass is 286 g/mol. The summed E-state index contributed by atoms with van der Waals surface area (Å²) in [6.07, 6.45) is 4.47. The van der Waals surface area contributed by atoms with Crippen molar-refractivity contribution in [2.75, 3.05) is 6.54 Å². The molecule has 0 amide bonds. The Kier molecular flexibility index (Phi) is 3.54. The van der Waals surface area contributed by atoms with Crippen LogP contribution in [-0.2, 0) is 6.42 Å². The van der Waals surface area contributed by atoms with Crippen molar-refractivity contribution in [3.05, 3.63) is 41.3 Å². The first-order valence-electron chi connectivity index (χ1n) is 6.81. The Hall–Kier alpha value is -1.72. The summed E-state index contributed by atoms with van der Waals surface area (Å²) in [5.41, 5.74) is 10.4. The second-order valence-corrected chi connectivity index (χ2v) is 5.96. The summed E-state index contributed by atoms with van der Waals surface area (Å²) in [6, 6.07) is 3.99. The van der Waals surface area contributed by atoms with Gasteiger partial charge in [0.1, 0.15) is 0 Å². The number of imidazole rings is 1. The molecule has 5 heteroatoms. The smallest absolute Gasteiger partial charge is 0.194 e. The molecule has 0 aliphatic carbocycles. The summed E-state index contributed by atoms with van der Waals surface area (Å²) in [4.78, 5) is 10.0. The highest BCUT2D eigenvalue weighted by Crippen LogP contribution is 2.31. The molecule has 0 unspecified atom stereocenters. The molecule has 0 saturated heterocycles. The fourth-order valence-electron chi connectivity index (χ4n) is 2.44. The quantitative estimate of drug-likeness (QED) is 0.802. The molecule has 0 spiro atoms. The molecule has 0 fully saturated rings. The Labute approximate surface area is 122 Å². The minimum atomic E-state index is 0.469. The maximum Gasteiger partial charge on any atom is 0.194 e. The van der Waals surface area contributed by atoms with Gasteiger partial charge in [-0.3, -0.25) is 9.38 Å². The number of hydrogen-bond donors (Lipinski definition) is 1. The molecule has 0 radical (unpaired) electrons. The molecule has 4 nitrogen and oxygen atoms in total. The Bertz CT molecular complexity index is 712. The van der Waals surface area contributed by atoms with E-state index < -0.39 is 0 Å². The molecule has 104 valence electrons.